The number of anilines is 1. The third-order valence-corrected chi connectivity index (χ3v) is 5.43. The van der Waals surface area contributed by atoms with Crippen molar-refractivity contribution in [1.29, 1.82) is 0 Å². The molecule has 1 amide bonds. The quantitative estimate of drug-likeness (QED) is 0.834. The molecule has 92 valence electrons. The fourth-order valence-corrected chi connectivity index (χ4v) is 4.05. The summed E-state index contributed by atoms with van der Waals surface area (Å²) in [7, 11) is -3.19. The van der Waals surface area contributed by atoms with Crippen molar-refractivity contribution >= 4 is 21.9 Å². The first kappa shape index (κ1) is 12.1. The summed E-state index contributed by atoms with van der Waals surface area (Å²) in [5, 5.41) is 2.25. The van der Waals surface area contributed by atoms with Crippen molar-refractivity contribution in [2.24, 2.45) is 0 Å². The van der Waals surface area contributed by atoms with Gasteiger partial charge in [-0.05, 0) is 37.1 Å². The molecule has 1 aliphatic rings. The SMILES string of the molecule is O=CNc1ccc(S(=O)(=O)C2CCCC2)cc1. The van der Waals surface area contributed by atoms with Crippen LogP contribution in [0.1, 0.15) is 25.7 Å². The molecule has 0 spiro atoms. The highest BCUT2D eigenvalue weighted by Gasteiger charge is 2.29. The van der Waals surface area contributed by atoms with Gasteiger partial charge in [0.05, 0.1) is 10.1 Å². The Kier molecular flexibility index (Phi) is 3.47. The van der Waals surface area contributed by atoms with Crippen molar-refractivity contribution in [3.63, 3.8) is 0 Å². The summed E-state index contributed by atoms with van der Waals surface area (Å²) in [5.41, 5.74) is 0.602. The van der Waals surface area contributed by atoms with Crippen molar-refractivity contribution in [3.8, 4) is 0 Å². The first-order valence-electron chi connectivity index (χ1n) is 5.69. The maximum Gasteiger partial charge on any atom is 0.211 e. The van der Waals surface area contributed by atoms with E-state index in [4.69, 9.17) is 0 Å². The number of carbonyl (C=O) groups excluding carboxylic acids is 1. The molecule has 0 unspecified atom stereocenters. The second-order valence-electron chi connectivity index (χ2n) is 4.24. The molecule has 1 aliphatic carbocycles. The van der Waals surface area contributed by atoms with Crippen molar-refractivity contribution in [3.05, 3.63) is 24.3 Å². The summed E-state index contributed by atoms with van der Waals surface area (Å²) in [5.74, 6) is 0. The largest absolute Gasteiger partial charge is 0.329 e. The van der Waals surface area contributed by atoms with Gasteiger partial charge in [-0.15, -0.1) is 0 Å². The van der Waals surface area contributed by atoms with E-state index in [1.165, 1.54) is 0 Å². The second kappa shape index (κ2) is 4.87. The van der Waals surface area contributed by atoms with E-state index in [1.54, 1.807) is 24.3 Å². The number of amides is 1. The van der Waals surface area contributed by atoms with E-state index in [-0.39, 0.29) is 5.25 Å². The van der Waals surface area contributed by atoms with Crippen LogP contribution in [-0.4, -0.2) is 20.1 Å². The summed E-state index contributed by atoms with van der Waals surface area (Å²) in [6.45, 7) is 0. The van der Waals surface area contributed by atoms with Gasteiger partial charge in [0.1, 0.15) is 0 Å². The van der Waals surface area contributed by atoms with E-state index >= 15 is 0 Å². The molecule has 5 heteroatoms. The molecule has 0 aliphatic heterocycles. The van der Waals surface area contributed by atoms with Crippen LogP contribution >= 0.6 is 0 Å². The average Bonchev–Trinajstić information content (AvgIpc) is 2.84. The lowest BCUT2D eigenvalue weighted by molar-refractivity contribution is -0.105. The average molecular weight is 253 g/mol. The lowest BCUT2D eigenvalue weighted by Gasteiger charge is -2.11. The molecule has 1 fully saturated rings. The number of sulfone groups is 1. The minimum atomic E-state index is -3.19. The lowest BCUT2D eigenvalue weighted by atomic mass is 10.3. The second-order valence-corrected chi connectivity index (χ2v) is 6.47. The van der Waals surface area contributed by atoms with E-state index in [1.807, 2.05) is 0 Å². The van der Waals surface area contributed by atoms with Gasteiger partial charge in [0.2, 0.25) is 6.41 Å². The van der Waals surface area contributed by atoms with Crippen LogP contribution in [-0.2, 0) is 14.6 Å². The number of hydrogen-bond acceptors (Lipinski definition) is 3. The third-order valence-electron chi connectivity index (χ3n) is 3.15. The Bertz CT molecular complexity index is 487. The highest BCUT2D eigenvalue weighted by molar-refractivity contribution is 7.92. The summed E-state index contributed by atoms with van der Waals surface area (Å²) in [4.78, 5) is 10.6. The van der Waals surface area contributed by atoms with Gasteiger partial charge in [0.15, 0.2) is 9.84 Å². The van der Waals surface area contributed by atoms with Gasteiger partial charge in [-0.3, -0.25) is 4.79 Å². The summed E-state index contributed by atoms with van der Waals surface area (Å²) in [6.07, 6.45) is 4.08. The molecule has 0 saturated heterocycles. The molecule has 1 N–H and O–H groups in total. The first-order chi connectivity index (χ1) is 8.14. The van der Waals surface area contributed by atoms with Gasteiger partial charge in [-0.2, -0.15) is 0 Å². The van der Waals surface area contributed by atoms with Crippen molar-refractivity contribution in [2.45, 2.75) is 35.8 Å². The highest BCUT2D eigenvalue weighted by atomic mass is 32.2. The van der Waals surface area contributed by atoms with Crippen LogP contribution in [0.25, 0.3) is 0 Å². The van der Waals surface area contributed by atoms with Gasteiger partial charge in [0.25, 0.3) is 0 Å². The van der Waals surface area contributed by atoms with E-state index in [0.29, 0.717) is 17.0 Å². The van der Waals surface area contributed by atoms with Crippen molar-refractivity contribution < 1.29 is 13.2 Å². The molecule has 2 rings (SSSR count). The van der Waals surface area contributed by atoms with Gasteiger partial charge >= 0.3 is 0 Å². The van der Waals surface area contributed by atoms with Crippen LogP contribution in [0.3, 0.4) is 0 Å². The van der Waals surface area contributed by atoms with Gasteiger partial charge in [-0.1, -0.05) is 12.8 Å². The zero-order valence-corrected chi connectivity index (χ0v) is 10.2. The summed E-state index contributed by atoms with van der Waals surface area (Å²) >= 11 is 0. The minimum Gasteiger partial charge on any atom is -0.329 e. The van der Waals surface area contributed by atoms with Crippen LogP contribution in [0.2, 0.25) is 0 Å². The number of carbonyl (C=O) groups is 1. The minimum absolute atomic E-state index is 0.229. The maximum absolute atomic E-state index is 12.2. The molecule has 0 radical (unpaired) electrons. The zero-order valence-electron chi connectivity index (χ0n) is 9.43. The Morgan fingerprint density at radius 3 is 2.24 bits per heavy atom. The van der Waals surface area contributed by atoms with Crippen LogP contribution in [0.4, 0.5) is 5.69 Å². The molecule has 1 saturated carbocycles. The predicted octanol–water partition coefficient (Wildman–Crippen LogP) is 1.97. The normalized spacial score (nSPS) is 16.9. The molecule has 0 heterocycles. The number of nitrogens with one attached hydrogen (secondary N) is 1. The van der Waals surface area contributed by atoms with Crippen LogP contribution in [0, 0.1) is 0 Å². The van der Waals surface area contributed by atoms with Crippen LogP contribution < -0.4 is 5.32 Å². The number of benzene rings is 1. The number of hydrogen-bond donors (Lipinski definition) is 1. The molecule has 0 aromatic heterocycles. The molecule has 1 aromatic rings. The van der Waals surface area contributed by atoms with E-state index in [2.05, 4.69) is 5.32 Å². The fraction of sp³-hybridized carbons (Fsp3) is 0.417. The Morgan fingerprint density at radius 2 is 1.71 bits per heavy atom. The smallest absolute Gasteiger partial charge is 0.211 e. The number of rotatable bonds is 4. The molecule has 4 nitrogen and oxygen atoms in total. The molecule has 0 atom stereocenters. The monoisotopic (exact) mass is 253 g/mol. The fourth-order valence-electron chi connectivity index (χ4n) is 2.20. The van der Waals surface area contributed by atoms with Crippen LogP contribution in [0.5, 0.6) is 0 Å². The maximum atomic E-state index is 12.2. The first-order valence-corrected chi connectivity index (χ1v) is 7.23. The summed E-state index contributed by atoms with van der Waals surface area (Å²) < 4.78 is 24.4. The van der Waals surface area contributed by atoms with Gasteiger partial charge in [0, 0.05) is 5.69 Å². The van der Waals surface area contributed by atoms with Crippen molar-refractivity contribution in [2.75, 3.05) is 5.32 Å². The molecular formula is C12H15NO3S. The molecule has 1 aromatic carbocycles. The van der Waals surface area contributed by atoms with Crippen LogP contribution in [0.15, 0.2) is 29.2 Å². The van der Waals surface area contributed by atoms with E-state index in [0.717, 1.165) is 25.7 Å². The lowest BCUT2D eigenvalue weighted by Crippen LogP contribution is -2.17. The Hall–Kier alpha value is -1.36. The molecule has 17 heavy (non-hydrogen) atoms. The Labute approximate surface area is 101 Å². The van der Waals surface area contributed by atoms with Gasteiger partial charge in [-0.25, -0.2) is 8.42 Å². The molecular weight excluding hydrogens is 238 g/mol. The third kappa shape index (κ3) is 2.49. The van der Waals surface area contributed by atoms with Gasteiger partial charge < -0.3 is 5.32 Å². The van der Waals surface area contributed by atoms with E-state index < -0.39 is 9.84 Å². The molecule has 0 bridgehead atoms. The summed E-state index contributed by atoms with van der Waals surface area (Å²) in [6, 6.07) is 6.32. The predicted molar refractivity (Wildman–Crippen MR) is 65.6 cm³/mol. The standard InChI is InChI=1S/C12H15NO3S/c14-9-13-10-5-7-12(8-6-10)17(15,16)11-3-1-2-4-11/h5-9,11H,1-4H2,(H,13,14). The Morgan fingerprint density at radius 1 is 1.12 bits per heavy atom. The van der Waals surface area contributed by atoms with E-state index in [9.17, 15) is 13.2 Å². The topological polar surface area (TPSA) is 63.2 Å². The van der Waals surface area contributed by atoms with Crippen molar-refractivity contribution in [1.82, 2.24) is 0 Å². The Balaban J connectivity index is 2.23. The zero-order chi connectivity index (χ0) is 12.3. The highest BCUT2D eigenvalue weighted by Crippen LogP contribution is 2.29.